The van der Waals surface area contributed by atoms with Gasteiger partial charge in [-0.15, -0.1) is 10.2 Å². The fourth-order valence-electron chi connectivity index (χ4n) is 2.21. The summed E-state index contributed by atoms with van der Waals surface area (Å²) in [5.41, 5.74) is 1.15. The van der Waals surface area contributed by atoms with E-state index in [-0.39, 0.29) is 6.54 Å². The van der Waals surface area contributed by atoms with Crippen molar-refractivity contribution in [3.05, 3.63) is 58.9 Å². The Bertz CT molecular complexity index is 828. The van der Waals surface area contributed by atoms with Crippen molar-refractivity contribution in [2.45, 2.75) is 20.4 Å². The third kappa shape index (κ3) is 4.33. The fourth-order valence-corrected chi connectivity index (χ4v) is 2.44. The number of aromatic nitrogens is 4. The lowest BCUT2D eigenvalue weighted by molar-refractivity contribution is 0.271. The van der Waals surface area contributed by atoms with Crippen molar-refractivity contribution in [3.63, 3.8) is 0 Å². The second-order valence-corrected chi connectivity index (χ2v) is 6.48. The van der Waals surface area contributed by atoms with Crippen molar-refractivity contribution < 1.29 is 9.13 Å². The molecule has 3 aromatic rings. The van der Waals surface area contributed by atoms with E-state index >= 15 is 0 Å². The number of hydrogen-bond acceptors (Lipinski definition) is 4. The summed E-state index contributed by atoms with van der Waals surface area (Å²) in [5, 5.41) is 12.6. The van der Waals surface area contributed by atoms with Gasteiger partial charge in [-0.3, -0.25) is 0 Å². The highest BCUT2D eigenvalue weighted by atomic mass is 35.5. The van der Waals surface area contributed by atoms with Crippen molar-refractivity contribution in [2.24, 2.45) is 5.92 Å². The van der Waals surface area contributed by atoms with E-state index < -0.39 is 5.82 Å². The summed E-state index contributed by atoms with van der Waals surface area (Å²) >= 11 is 6.03. The smallest absolute Gasteiger partial charge is 0.204 e. The summed E-state index contributed by atoms with van der Waals surface area (Å²) in [6, 6.07) is 12.0. The van der Waals surface area contributed by atoms with Crippen LogP contribution in [0.3, 0.4) is 0 Å². The van der Waals surface area contributed by atoms with Gasteiger partial charge in [-0.05, 0) is 47.5 Å². The lowest BCUT2D eigenvalue weighted by Crippen LogP contribution is -2.06. The van der Waals surface area contributed by atoms with Crippen LogP contribution in [-0.2, 0) is 6.54 Å². The molecule has 0 aliphatic carbocycles. The first-order valence-corrected chi connectivity index (χ1v) is 8.34. The Morgan fingerprint density at radius 1 is 1.16 bits per heavy atom. The van der Waals surface area contributed by atoms with Crippen LogP contribution in [0.15, 0.2) is 42.5 Å². The standard InChI is InChI=1S/C18H18ClFN4O/c1-12(2)11-25-14-8-6-13(7-9-14)18-21-23-24(22-18)10-15-16(19)4-3-5-17(15)20/h3-9,12H,10-11H2,1-2H3. The first kappa shape index (κ1) is 17.4. The minimum Gasteiger partial charge on any atom is -0.493 e. The zero-order valence-corrected chi connectivity index (χ0v) is 14.7. The van der Waals surface area contributed by atoms with E-state index in [0.29, 0.717) is 28.9 Å². The lowest BCUT2D eigenvalue weighted by Gasteiger charge is -2.08. The molecule has 0 aliphatic heterocycles. The minimum absolute atomic E-state index is 0.119. The van der Waals surface area contributed by atoms with E-state index in [1.54, 1.807) is 12.1 Å². The summed E-state index contributed by atoms with van der Waals surface area (Å²) in [6.45, 7) is 4.97. The van der Waals surface area contributed by atoms with Gasteiger partial charge in [0.1, 0.15) is 11.6 Å². The molecule has 1 heterocycles. The molecule has 0 amide bonds. The van der Waals surface area contributed by atoms with Crippen LogP contribution in [0, 0.1) is 11.7 Å². The first-order chi connectivity index (χ1) is 12.0. The second-order valence-electron chi connectivity index (χ2n) is 6.07. The largest absolute Gasteiger partial charge is 0.493 e. The third-order valence-electron chi connectivity index (χ3n) is 3.51. The Hall–Kier alpha value is -2.47. The molecular weight excluding hydrogens is 343 g/mol. The van der Waals surface area contributed by atoms with Crippen LogP contribution in [0.5, 0.6) is 5.75 Å². The number of hydrogen-bond donors (Lipinski definition) is 0. The molecule has 0 unspecified atom stereocenters. The fraction of sp³-hybridized carbons (Fsp3) is 0.278. The van der Waals surface area contributed by atoms with E-state index in [9.17, 15) is 4.39 Å². The molecule has 0 bridgehead atoms. The van der Waals surface area contributed by atoms with E-state index in [4.69, 9.17) is 16.3 Å². The Morgan fingerprint density at radius 2 is 1.92 bits per heavy atom. The number of rotatable bonds is 6. The van der Waals surface area contributed by atoms with Crippen molar-refractivity contribution >= 4 is 11.6 Å². The molecule has 5 nitrogen and oxygen atoms in total. The number of ether oxygens (including phenoxy) is 1. The first-order valence-electron chi connectivity index (χ1n) is 7.97. The van der Waals surface area contributed by atoms with Gasteiger partial charge >= 0.3 is 0 Å². The molecule has 130 valence electrons. The number of halogens is 2. The highest BCUT2D eigenvalue weighted by molar-refractivity contribution is 6.31. The number of nitrogens with zero attached hydrogens (tertiary/aromatic N) is 4. The quantitative estimate of drug-likeness (QED) is 0.660. The molecule has 1 aromatic heterocycles. The molecule has 0 fully saturated rings. The molecule has 0 radical (unpaired) electrons. The maximum Gasteiger partial charge on any atom is 0.204 e. The second kappa shape index (κ2) is 7.61. The summed E-state index contributed by atoms with van der Waals surface area (Å²) < 4.78 is 19.5. The predicted molar refractivity (Wildman–Crippen MR) is 94.1 cm³/mol. The van der Waals surface area contributed by atoms with Gasteiger partial charge < -0.3 is 4.74 Å². The molecule has 0 saturated heterocycles. The topological polar surface area (TPSA) is 52.8 Å². The highest BCUT2D eigenvalue weighted by Crippen LogP contribution is 2.21. The predicted octanol–water partition coefficient (Wildman–Crippen LogP) is 4.22. The van der Waals surface area contributed by atoms with E-state index in [0.717, 1.165) is 11.3 Å². The normalized spacial score (nSPS) is 11.1. The van der Waals surface area contributed by atoms with Crippen molar-refractivity contribution in [1.29, 1.82) is 0 Å². The van der Waals surface area contributed by atoms with Crippen molar-refractivity contribution in [2.75, 3.05) is 6.61 Å². The van der Waals surface area contributed by atoms with E-state index in [1.165, 1.54) is 10.9 Å². The third-order valence-corrected chi connectivity index (χ3v) is 3.86. The molecule has 2 aromatic carbocycles. The lowest BCUT2D eigenvalue weighted by atomic mass is 10.2. The summed E-state index contributed by atoms with van der Waals surface area (Å²) in [6.07, 6.45) is 0. The summed E-state index contributed by atoms with van der Waals surface area (Å²) in [5.74, 6) is 1.33. The monoisotopic (exact) mass is 360 g/mol. The summed E-state index contributed by atoms with van der Waals surface area (Å²) in [7, 11) is 0. The Morgan fingerprint density at radius 3 is 2.60 bits per heavy atom. The molecule has 0 spiro atoms. The van der Waals surface area contributed by atoms with Gasteiger partial charge in [-0.2, -0.15) is 4.80 Å². The molecular formula is C18H18ClFN4O. The van der Waals surface area contributed by atoms with Crippen LogP contribution >= 0.6 is 11.6 Å². The van der Waals surface area contributed by atoms with Crippen LogP contribution < -0.4 is 4.74 Å². The summed E-state index contributed by atoms with van der Waals surface area (Å²) in [4.78, 5) is 1.32. The van der Waals surface area contributed by atoms with Crippen LogP contribution in [0.25, 0.3) is 11.4 Å². The van der Waals surface area contributed by atoms with Gasteiger partial charge in [0, 0.05) is 16.1 Å². The van der Waals surface area contributed by atoms with E-state index in [2.05, 4.69) is 29.3 Å². The molecule has 0 aliphatic rings. The van der Waals surface area contributed by atoms with Crippen LogP contribution in [0.4, 0.5) is 4.39 Å². The van der Waals surface area contributed by atoms with Gasteiger partial charge in [0.05, 0.1) is 13.2 Å². The zero-order chi connectivity index (χ0) is 17.8. The average molecular weight is 361 g/mol. The maximum absolute atomic E-state index is 13.9. The van der Waals surface area contributed by atoms with E-state index in [1.807, 2.05) is 24.3 Å². The Balaban J connectivity index is 1.73. The average Bonchev–Trinajstić information content (AvgIpc) is 3.05. The number of benzene rings is 2. The van der Waals surface area contributed by atoms with Gasteiger partial charge in [0.2, 0.25) is 5.82 Å². The molecule has 0 saturated carbocycles. The van der Waals surface area contributed by atoms with Crippen molar-refractivity contribution in [3.8, 4) is 17.1 Å². The van der Waals surface area contributed by atoms with Gasteiger partial charge in [0.25, 0.3) is 0 Å². The maximum atomic E-state index is 13.9. The van der Waals surface area contributed by atoms with Crippen LogP contribution in [-0.4, -0.2) is 26.8 Å². The van der Waals surface area contributed by atoms with Crippen LogP contribution in [0.2, 0.25) is 5.02 Å². The molecule has 3 rings (SSSR count). The zero-order valence-electron chi connectivity index (χ0n) is 14.0. The Labute approximate surface area is 150 Å². The molecule has 7 heteroatoms. The van der Waals surface area contributed by atoms with Crippen molar-refractivity contribution in [1.82, 2.24) is 20.2 Å². The highest BCUT2D eigenvalue weighted by Gasteiger charge is 2.11. The van der Waals surface area contributed by atoms with Crippen LogP contribution in [0.1, 0.15) is 19.4 Å². The van der Waals surface area contributed by atoms with Gasteiger partial charge in [-0.1, -0.05) is 31.5 Å². The van der Waals surface area contributed by atoms with Gasteiger partial charge in [-0.25, -0.2) is 4.39 Å². The molecule has 0 atom stereocenters. The minimum atomic E-state index is -0.391. The Kier molecular flexibility index (Phi) is 5.28. The van der Waals surface area contributed by atoms with Gasteiger partial charge in [0.15, 0.2) is 0 Å². The SMILES string of the molecule is CC(C)COc1ccc(-c2nnn(Cc3c(F)cccc3Cl)n2)cc1. The molecule has 25 heavy (non-hydrogen) atoms. The number of tetrazole rings is 1. The molecule has 0 N–H and O–H groups in total.